The number of allylic oxidation sites excluding steroid dienone is 2. The maximum absolute atomic E-state index is 5.30. The van der Waals surface area contributed by atoms with Gasteiger partial charge in [0, 0.05) is 13.0 Å². The summed E-state index contributed by atoms with van der Waals surface area (Å²) in [6.45, 7) is 2.83. The van der Waals surface area contributed by atoms with Crippen LogP contribution in [-0.4, -0.2) is 20.8 Å². The first-order chi connectivity index (χ1) is 6.29. The van der Waals surface area contributed by atoms with E-state index in [1.54, 1.807) is 14.2 Å². The van der Waals surface area contributed by atoms with E-state index in [9.17, 15) is 0 Å². The van der Waals surface area contributed by atoms with E-state index in [-0.39, 0.29) is 0 Å². The van der Waals surface area contributed by atoms with Crippen LogP contribution in [0.3, 0.4) is 0 Å². The Morgan fingerprint density at radius 1 is 1.62 bits per heavy atom. The van der Waals surface area contributed by atoms with Gasteiger partial charge in [-0.15, -0.1) is 0 Å². The van der Waals surface area contributed by atoms with Crippen LogP contribution in [0.15, 0.2) is 23.5 Å². The van der Waals surface area contributed by atoms with Crippen LogP contribution in [0.5, 0.6) is 0 Å². The molecule has 2 heteroatoms. The summed E-state index contributed by atoms with van der Waals surface area (Å²) in [7, 11) is 3.46. The standard InChI is InChI=1S/C11H18O2/c1-9(7-8-12-2)10-5-4-6-11(10)13-3/h6-7,10H,4-5,8H2,1-3H3/b9-7+. The molecule has 13 heavy (non-hydrogen) atoms. The molecule has 74 valence electrons. The summed E-state index contributed by atoms with van der Waals surface area (Å²) in [6.07, 6.45) is 6.61. The zero-order valence-electron chi connectivity index (χ0n) is 8.67. The average Bonchev–Trinajstić information content (AvgIpc) is 2.61. The highest BCUT2D eigenvalue weighted by Crippen LogP contribution is 2.31. The molecular formula is C11H18O2. The number of hydrogen-bond donors (Lipinski definition) is 0. The van der Waals surface area contributed by atoms with E-state index >= 15 is 0 Å². The van der Waals surface area contributed by atoms with Crippen LogP contribution in [-0.2, 0) is 9.47 Å². The zero-order chi connectivity index (χ0) is 9.68. The Morgan fingerprint density at radius 2 is 2.38 bits per heavy atom. The third-order valence-electron chi connectivity index (χ3n) is 2.50. The molecule has 0 bridgehead atoms. The lowest BCUT2D eigenvalue weighted by atomic mass is 9.98. The number of hydrogen-bond acceptors (Lipinski definition) is 2. The van der Waals surface area contributed by atoms with Gasteiger partial charge in [-0.05, 0) is 25.8 Å². The van der Waals surface area contributed by atoms with E-state index in [0.717, 1.165) is 12.2 Å². The van der Waals surface area contributed by atoms with Crippen molar-refractivity contribution in [2.45, 2.75) is 19.8 Å². The summed E-state index contributed by atoms with van der Waals surface area (Å²) in [4.78, 5) is 0. The van der Waals surface area contributed by atoms with Gasteiger partial charge in [-0.2, -0.15) is 0 Å². The lowest BCUT2D eigenvalue weighted by Crippen LogP contribution is -2.03. The molecule has 0 aliphatic heterocycles. The van der Waals surface area contributed by atoms with Crippen molar-refractivity contribution in [1.29, 1.82) is 0 Å². The van der Waals surface area contributed by atoms with Gasteiger partial charge in [0.15, 0.2) is 0 Å². The van der Waals surface area contributed by atoms with Crippen LogP contribution in [0.25, 0.3) is 0 Å². The molecule has 0 saturated heterocycles. The predicted octanol–water partition coefficient (Wildman–Crippen LogP) is 2.52. The minimum Gasteiger partial charge on any atom is -0.501 e. The average molecular weight is 182 g/mol. The fraction of sp³-hybridized carbons (Fsp3) is 0.636. The molecule has 1 aliphatic carbocycles. The SMILES string of the molecule is COC/C=C(\C)C1CCC=C1OC. The second-order valence-electron chi connectivity index (χ2n) is 3.34. The van der Waals surface area contributed by atoms with E-state index in [4.69, 9.17) is 9.47 Å². The maximum Gasteiger partial charge on any atom is 0.0986 e. The Hall–Kier alpha value is -0.760. The molecule has 0 saturated carbocycles. The molecule has 0 fully saturated rings. The van der Waals surface area contributed by atoms with Crippen molar-refractivity contribution in [3.63, 3.8) is 0 Å². The predicted molar refractivity (Wildman–Crippen MR) is 53.4 cm³/mol. The van der Waals surface area contributed by atoms with Crippen LogP contribution in [0.4, 0.5) is 0 Å². The molecular weight excluding hydrogens is 164 g/mol. The lowest BCUT2D eigenvalue weighted by molar-refractivity contribution is 0.230. The highest BCUT2D eigenvalue weighted by molar-refractivity contribution is 5.20. The van der Waals surface area contributed by atoms with Gasteiger partial charge in [0.2, 0.25) is 0 Å². The Labute approximate surface area is 80.2 Å². The maximum atomic E-state index is 5.30. The summed E-state index contributed by atoms with van der Waals surface area (Å²) < 4.78 is 10.3. The second-order valence-corrected chi connectivity index (χ2v) is 3.34. The third-order valence-corrected chi connectivity index (χ3v) is 2.50. The smallest absolute Gasteiger partial charge is 0.0986 e. The van der Waals surface area contributed by atoms with Crippen LogP contribution in [0, 0.1) is 5.92 Å². The molecule has 0 aromatic heterocycles. The normalized spacial score (nSPS) is 23.2. The fourth-order valence-electron chi connectivity index (χ4n) is 1.71. The number of methoxy groups -OCH3 is 2. The summed E-state index contributed by atoms with van der Waals surface area (Å²) in [6, 6.07) is 0. The first kappa shape index (κ1) is 10.3. The monoisotopic (exact) mass is 182 g/mol. The molecule has 1 unspecified atom stereocenters. The van der Waals surface area contributed by atoms with Gasteiger partial charge in [0.05, 0.1) is 19.5 Å². The molecule has 2 nitrogen and oxygen atoms in total. The van der Waals surface area contributed by atoms with Gasteiger partial charge in [-0.1, -0.05) is 11.6 Å². The third kappa shape index (κ3) is 2.59. The van der Waals surface area contributed by atoms with Crippen LogP contribution < -0.4 is 0 Å². The van der Waals surface area contributed by atoms with Crippen LogP contribution in [0.1, 0.15) is 19.8 Å². The molecule has 0 radical (unpaired) electrons. The quantitative estimate of drug-likeness (QED) is 0.622. The number of rotatable bonds is 4. The molecule has 1 atom stereocenters. The Morgan fingerprint density at radius 3 is 3.00 bits per heavy atom. The Kier molecular flexibility index (Phi) is 4.03. The summed E-state index contributed by atoms with van der Waals surface area (Å²) in [5.41, 5.74) is 1.35. The van der Waals surface area contributed by atoms with Gasteiger partial charge in [0.1, 0.15) is 0 Å². The molecule has 0 amide bonds. The van der Waals surface area contributed by atoms with Crippen molar-refractivity contribution < 1.29 is 9.47 Å². The minimum atomic E-state index is 0.486. The molecule has 0 aromatic carbocycles. The van der Waals surface area contributed by atoms with Gasteiger partial charge < -0.3 is 9.47 Å². The lowest BCUT2D eigenvalue weighted by Gasteiger charge is -2.14. The van der Waals surface area contributed by atoms with Crippen LogP contribution >= 0.6 is 0 Å². The van der Waals surface area contributed by atoms with Crippen molar-refractivity contribution in [1.82, 2.24) is 0 Å². The molecule has 0 aromatic rings. The first-order valence-corrected chi connectivity index (χ1v) is 4.69. The van der Waals surface area contributed by atoms with Crippen molar-refractivity contribution in [2.24, 2.45) is 5.92 Å². The molecule has 0 N–H and O–H groups in total. The van der Waals surface area contributed by atoms with E-state index in [0.29, 0.717) is 12.5 Å². The van der Waals surface area contributed by atoms with E-state index in [1.807, 2.05) is 0 Å². The van der Waals surface area contributed by atoms with Crippen molar-refractivity contribution >= 4 is 0 Å². The fourth-order valence-corrected chi connectivity index (χ4v) is 1.71. The molecule has 0 heterocycles. The topological polar surface area (TPSA) is 18.5 Å². The van der Waals surface area contributed by atoms with Crippen LogP contribution in [0.2, 0.25) is 0 Å². The minimum absolute atomic E-state index is 0.486. The molecule has 0 spiro atoms. The zero-order valence-corrected chi connectivity index (χ0v) is 8.67. The van der Waals surface area contributed by atoms with Gasteiger partial charge in [-0.25, -0.2) is 0 Å². The Balaban J connectivity index is 2.56. The highest BCUT2D eigenvalue weighted by atomic mass is 16.5. The van der Waals surface area contributed by atoms with E-state index < -0.39 is 0 Å². The Bertz CT molecular complexity index is 216. The number of ether oxygens (including phenoxy) is 2. The van der Waals surface area contributed by atoms with E-state index in [1.165, 1.54) is 12.0 Å². The largest absolute Gasteiger partial charge is 0.501 e. The molecule has 1 aliphatic rings. The van der Waals surface area contributed by atoms with Crippen molar-refractivity contribution in [3.05, 3.63) is 23.5 Å². The van der Waals surface area contributed by atoms with Gasteiger partial charge in [0.25, 0.3) is 0 Å². The summed E-state index contributed by atoms with van der Waals surface area (Å²) in [5, 5.41) is 0. The van der Waals surface area contributed by atoms with Gasteiger partial charge >= 0.3 is 0 Å². The summed E-state index contributed by atoms with van der Waals surface area (Å²) >= 11 is 0. The second kappa shape index (κ2) is 5.07. The van der Waals surface area contributed by atoms with Crippen molar-refractivity contribution in [3.8, 4) is 0 Å². The van der Waals surface area contributed by atoms with E-state index in [2.05, 4.69) is 19.1 Å². The highest BCUT2D eigenvalue weighted by Gasteiger charge is 2.20. The van der Waals surface area contributed by atoms with Crippen molar-refractivity contribution in [2.75, 3.05) is 20.8 Å². The van der Waals surface area contributed by atoms with Gasteiger partial charge in [-0.3, -0.25) is 0 Å². The first-order valence-electron chi connectivity index (χ1n) is 4.69. The summed E-state index contributed by atoms with van der Waals surface area (Å²) in [5.74, 6) is 1.60. The molecule has 1 rings (SSSR count).